The molecule has 0 bridgehead atoms. The highest BCUT2D eigenvalue weighted by atomic mass is 32.2. The molecule has 1 fully saturated rings. The Kier molecular flexibility index (Phi) is 3.39. The monoisotopic (exact) mass is 270 g/mol. The van der Waals surface area contributed by atoms with Gasteiger partial charge in [0.1, 0.15) is 5.82 Å². The van der Waals surface area contributed by atoms with Gasteiger partial charge in [0.05, 0.1) is 5.75 Å². The third kappa shape index (κ3) is 2.62. The third-order valence-electron chi connectivity index (χ3n) is 2.07. The molecule has 1 N–H and O–H groups in total. The van der Waals surface area contributed by atoms with Crippen LogP contribution in [0.1, 0.15) is 10.4 Å². The highest BCUT2D eigenvalue weighted by Gasteiger charge is 2.28. The number of halogens is 1. The highest BCUT2D eigenvalue weighted by Crippen LogP contribution is 2.17. The molecular weight excluding hydrogens is 263 g/mol. The second kappa shape index (κ2) is 4.80. The van der Waals surface area contributed by atoms with E-state index in [1.54, 1.807) is 0 Å². The molecule has 4 nitrogen and oxygen atoms in total. The van der Waals surface area contributed by atoms with Gasteiger partial charge >= 0.3 is 0 Å². The van der Waals surface area contributed by atoms with Gasteiger partial charge in [0, 0.05) is 5.56 Å². The second-order valence-corrected chi connectivity index (χ2v) is 4.84. The number of hydrazine groups is 1. The molecule has 0 aromatic heterocycles. The van der Waals surface area contributed by atoms with Gasteiger partial charge in [0.25, 0.3) is 11.8 Å². The zero-order valence-electron chi connectivity index (χ0n) is 8.47. The molecule has 1 saturated heterocycles. The SMILES string of the molecule is O=C(NN1C(=O)CSC1=S)c1ccc(F)cc1. The first-order chi connectivity index (χ1) is 8.08. The van der Waals surface area contributed by atoms with Crippen LogP contribution in [0, 0.1) is 5.82 Å². The molecule has 0 aliphatic carbocycles. The minimum Gasteiger partial charge on any atom is -0.272 e. The fourth-order valence-electron chi connectivity index (χ4n) is 1.23. The number of nitrogens with zero attached hydrogens (tertiary/aromatic N) is 1. The van der Waals surface area contributed by atoms with Crippen LogP contribution in [-0.2, 0) is 4.79 Å². The van der Waals surface area contributed by atoms with Gasteiger partial charge in [-0.05, 0) is 24.3 Å². The highest BCUT2D eigenvalue weighted by molar-refractivity contribution is 8.23. The van der Waals surface area contributed by atoms with Gasteiger partial charge in [-0.1, -0.05) is 24.0 Å². The van der Waals surface area contributed by atoms with E-state index in [1.807, 2.05) is 0 Å². The van der Waals surface area contributed by atoms with Crippen molar-refractivity contribution >= 4 is 40.1 Å². The molecular formula is C10H7FN2O2S2. The van der Waals surface area contributed by atoms with Crippen molar-refractivity contribution in [2.24, 2.45) is 0 Å². The van der Waals surface area contributed by atoms with Crippen LogP contribution < -0.4 is 5.43 Å². The molecule has 88 valence electrons. The Morgan fingerprint density at radius 2 is 2.06 bits per heavy atom. The maximum absolute atomic E-state index is 12.7. The van der Waals surface area contributed by atoms with Gasteiger partial charge in [0.2, 0.25) is 0 Å². The summed E-state index contributed by atoms with van der Waals surface area (Å²) in [6, 6.07) is 5.02. The lowest BCUT2D eigenvalue weighted by Crippen LogP contribution is -2.45. The van der Waals surface area contributed by atoms with E-state index >= 15 is 0 Å². The average Bonchev–Trinajstić information content (AvgIpc) is 2.61. The van der Waals surface area contributed by atoms with Crippen LogP contribution in [-0.4, -0.2) is 26.9 Å². The number of amides is 2. The molecule has 0 saturated carbocycles. The predicted molar refractivity (Wildman–Crippen MR) is 65.8 cm³/mol. The number of thiocarbonyl (C=S) groups is 1. The molecule has 1 aliphatic rings. The largest absolute Gasteiger partial charge is 0.272 e. The molecule has 0 atom stereocenters. The summed E-state index contributed by atoms with van der Waals surface area (Å²) < 4.78 is 13.0. The van der Waals surface area contributed by atoms with Crippen molar-refractivity contribution in [1.29, 1.82) is 0 Å². The number of thioether (sulfide) groups is 1. The Morgan fingerprint density at radius 1 is 1.41 bits per heavy atom. The van der Waals surface area contributed by atoms with Gasteiger partial charge in [-0.2, -0.15) is 0 Å². The fraction of sp³-hybridized carbons (Fsp3) is 0.100. The van der Waals surface area contributed by atoms with Crippen LogP contribution in [0.5, 0.6) is 0 Å². The maximum atomic E-state index is 12.7. The summed E-state index contributed by atoms with van der Waals surface area (Å²) in [5, 5.41) is 1.03. The van der Waals surface area contributed by atoms with Crippen molar-refractivity contribution in [3.05, 3.63) is 35.6 Å². The molecule has 2 rings (SSSR count). The zero-order chi connectivity index (χ0) is 12.4. The molecule has 2 amide bonds. The van der Waals surface area contributed by atoms with E-state index in [9.17, 15) is 14.0 Å². The summed E-state index contributed by atoms with van der Waals surface area (Å²) in [5.74, 6) is -0.966. The summed E-state index contributed by atoms with van der Waals surface area (Å²) in [4.78, 5) is 23.1. The quantitative estimate of drug-likeness (QED) is 0.824. The van der Waals surface area contributed by atoms with Crippen molar-refractivity contribution < 1.29 is 14.0 Å². The number of rotatable bonds is 2. The van der Waals surface area contributed by atoms with Crippen molar-refractivity contribution in [2.45, 2.75) is 0 Å². The normalized spacial score (nSPS) is 15.2. The Balaban J connectivity index is 2.09. The van der Waals surface area contributed by atoms with Crippen molar-refractivity contribution in [2.75, 3.05) is 5.75 Å². The van der Waals surface area contributed by atoms with Gasteiger partial charge in [-0.3, -0.25) is 15.0 Å². The lowest BCUT2D eigenvalue weighted by Gasteiger charge is -2.15. The van der Waals surface area contributed by atoms with Gasteiger partial charge in [0.15, 0.2) is 4.32 Å². The van der Waals surface area contributed by atoms with E-state index in [0.717, 1.165) is 5.01 Å². The standard InChI is InChI=1S/C10H7FN2O2S2/c11-7-3-1-6(2-4-7)9(15)12-13-8(14)5-17-10(13)16/h1-4H,5H2,(H,12,15). The van der Waals surface area contributed by atoms with E-state index in [0.29, 0.717) is 4.32 Å². The van der Waals surface area contributed by atoms with Crippen LogP contribution >= 0.6 is 24.0 Å². The van der Waals surface area contributed by atoms with E-state index in [4.69, 9.17) is 12.2 Å². The van der Waals surface area contributed by atoms with E-state index < -0.39 is 11.7 Å². The number of hydrogen-bond donors (Lipinski definition) is 1. The number of hydrogen-bond acceptors (Lipinski definition) is 4. The number of carbonyl (C=O) groups excluding carboxylic acids is 2. The smallest absolute Gasteiger partial charge is 0.270 e. The number of benzene rings is 1. The number of carbonyl (C=O) groups is 2. The first-order valence-corrected chi connectivity index (χ1v) is 6.03. The molecule has 0 unspecified atom stereocenters. The minimum absolute atomic E-state index is 0.225. The summed E-state index contributed by atoms with van der Waals surface area (Å²) in [7, 11) is 0. The Bertz CT molecular complexity index is 474. The summed E-state index contributed by atoms with van der Waals surface area (Å²) in [6.45, 7) is 0. The molecule has 17 heavy (non-hydrogen) atoms. The van der Waals surface area contributed by atoms with E-state index in [-0.39, 0.29) is 17.2 Å². The lowest BCUT2D eigenvalue weighted by atomic mass is 10.2. The summed E-state index contributed by atoms with van der Waals surface area (Å²) >= 11 is 6.09. The molecule has 0 radical (unpaired) electrons. The third-order valence-corrected chi connectivity index (χ3v) is 3.43. The molecule has 0 spiro atoms. The number of nitrogens with one attached hydrogen (secondary N) is 1. The van der Waals surface area contributed by atoms with E-state index in [1.165, 1.54) is 36.0 Å². The first kappa shape index (κ1) is 12.0. The van der Waals surface area contributed by atoms with E-state index in [2.05, 4.69) is 5.43 Å². The average molecular weight is 270 g/mol. The van der Waals surface area contributed by atoms with Gasteiger partial charge in [-0.25, -0.2) is 9.40 Å². The first-order valence-electron chi connectivity index (χ1n) is 4.64. The van der Waals surface area contributed by atoms with Crippen LogP contribution in [0.2, 0.25) is 0 Å². The Hall–Kier alpha value is -1.47. The fourth-order valence-corrected chi connectivity index (χ4v) is 2.21. The van der Waals surface area contributed by atoms with Gasteiger partial charge in [-0.15, -0.1) is 0 Å². The zero-order valence-corrected chi connectivity index (χ0v) is 10.1. The Labute approximate surface area is 106 Å². The molecule has 1 aromatic carbocycles. The predicted octanol–water partition coefficient (Wildman–Crippen LogP) is 1.33. The molecule has 1 aliphatic heterocycles. The summed E-state index contributed by atoms with van der Waals surface area (Å²) in [5.41, 5.74) is 2.64. The molecule has 1 aromatic rings. The van der Waals surface area contributed by atoms with Crippen LogP contribution in [0.4, 0.5) is 4.39 Å². The van der Waals surface area contributed by atoms with Crippen LogP contribution in [0.15, 0.2) is 24.3 Å². The maximum Gasteiger partial charge on any atom is 0.270 e. The van der Waals surface area contributed by atoms with Crippen LogP contribution in [0.25, 0.3) is 0 Å². The Morgan fingerprint density at radius 3 is 2.59 bits per heavy atom. The second-order valence-electron chi connectivity index (χ2n) is 3.23. The van der Waals surface area contributed by atoms with Crippen molar-refractivity contribution in [1.82, 2.24) is 10.4 Å². The van der Waals surface area contributed by atoms with Crippen molar-refractivity contribution in [3.63, 3.8) is 0 Å². The van der Waals surface area contributed by atoms with Gasteiger partial charge < -0.3 is 0 Å². The topological polar surface area (TPSA) is 49.4 Å². The van der Waals surface area contributed by atoms with Crippen LogP contribution in [0.3, 0.4) is 0 Å². The lowest BCUT2D eigenvalue weighted by molar-refractivity contribution is -0.125. The van der Waals surface area contributed by atoms with Crippen molar-refractivity contribution in [3.8, 4) is 0 Å². The minimum atomic E-state index is -0.497. The molecule has 7 heteroatoms. The summed E-state index contributed by atoms with van der Waals surface area (Å²) in [6.07, 6.45) is 0. The molecule has 1 heterocycles.